The number of benzene rings is 3. The van der Waals surface area contributed by atoms with E-state index in [4.69, 9.17) is 46.4 Å². The van der Waals surface area contributed by atoms with Crippen LogP contribution in [0.25, 0.3) is 10.6 Å². The molecule has 540 valence electrons. The molecule has 0 aliphatic carbocycles. The zero-order valence-corrected chi connectivity index (χ0v) is 64.7. The number of Topliss-reactive ketones (excluding diaryl/α,β-unsaturated/α-hetero) is 2. The SMILES string of the molecule is CC1(C)OB(c2cncs2)OC1(C)C.COP(=O)(CS(=O)(=O)c1ccc(CC(=O)c2nc(-c3cncs3)cnc2N)cc1)OC.COP(=O)(CS(=O)(=O)c1ccc(CC(=O)c2nc(Br)cnc2N)cc1)OC.COP(=O)(CS(=O)(=O)c1ccc(N)cc1)OC.Nc1ncc(Br)nc1C(=O)O. The summed E-state index contributed by atoms with van der Waals surface area (Å²) in [5, 5.41) is 8.49. The number of nitrogens with zero attached hydrogens (tertiary/aromatic N) is 8. The van der Waals surface area contributed by atoms with Crippen LogP contribution in [0.2, 0.25) is 0 Å². The van der Waals surface area contributed by atoms with E-state index in [2.05, 4.69) is 89.8 Å². The fraction of sp³-hybridized carbons (Fsp3) is 0.304. The lowest BCUT2D eigenvalue weighted by Crippen LogP contribution is -2.41. The predicted octanol–water partition coefficient (Wildman–Crippen LogP) is 8.74. The van der Waals surface area contributed by atoms with Gasteiger partial charge in [0.05, 0.1) is 65.2 Å². The molecule has 1 saturated heterocycles. The molecular weight excluding hydrogens is 1600 g/mol. The van der Waals surface area contributed by atoms with Crippen molar-refractivity contribution < 1.29 is 94.9 Å². The highest BCUT2D eigenvalue weighted by atomic mass is 79.9. The molecule has 44 heteroatoms. The van der Waals surface area contributed by atoms with E-state index in [1.54, 1.807) is 34.8 Å². The van der Waals surface area contributed by atoms with Gasteiger partial charge in [-0.15, -0.1) is 22.7 Å². The molecule has 0 radical (unpaired) electrons. The van der Waals surface area contributed by atoms with E-state index in [-0.39, 0.29) is 92.0 Å². The number of thiazole rings is 2. The van der Waals surface area contributed by atoms with Gasteiger partial charge in [0.2, 0.25) is 0 Å². The van der Waals surface area contributed by atoms with Crippen LogP contribution in [0.1, 0.15) is 70.3 Å². The van der Waals surface area contributed by atoms with E-state index in [1.165, 1.54) is 103 Å². The van der Waals surface area contributed by atoms with Crippen molar-refractivity contribution in [3.8, 4) is 10.6 Å². The van der Waals surface area contributed by atoms with Gasteiger partial charge in [-0.05, 0) is 119 Å². The van der Waals surface area contributed by atoms with Gasteiger partial charge in [0, 0.05) is 73.6 Å². The summed E-state index contributed by atoms with van der Waals surface area (Å²) in [6.07, 6.45) is 7.51. The Hall–Kier alpha value is -6.59. The van der Waals surface area contributed by atoms with Gasteiger partial charge >= 0.3 is 35.9 Å². The maximum absolute atomic E-state index is 12.7. The summed E-state index contributed by atoms with van der Waals surface area (Å²) in [6.45, 7) is 8.20. The van der Waals surface area contributed by atoms with Crippen molar-refractivity contribution in [3.05, 3.63) is 152 Å². The van der Waals surface area contributed by atoms with Gasteiger partial charge in [-0.3, -0.25) is 33.3 Å². The highest BCUT2D eigenvalue weighted by molar-refractivity contribution is 9.10. The van der Waals surface area contributed by atoms with Crippen LogP contribution in [0.15, 0.2) is 139 Å². The molecule has 3 aromatic carbocycles. The van der Waals surface area contributed by atoms with Gasteiger partial charge in [0.25, 0.3) is 0 Å². The van der Waals surface area contributed by atoms with Crippen LogP contribution < -0.4 is 27.7 Å². The normalized spacial score (nSPS) is 13.6. The number of carboxylic acids is 1. The lowest BCUT2D eigenvalue weighted by Gasteiger charge is -2.32. The lowest BCUT2D eigenvalue weighted by molar-refractivity contribution is 0.00578. The van der Waals surface area contributed by atoms with Gasteiger partial charge in [-0.1, -0.05) is 24.3 Å². The van der Waals surface area contributed by atoms with Crippen molar-refractivity contribution in [1.82, 2.24) is 39.9 Å². The number of rotatable bonds is 24. The number of aromatic nitrogens is 8. The first-order valence-electron chi connectivity index (χ1n) is 28.1. The highest BCUT2D eigenvalue weighted by Crippen LogP contribution is 2.50. The first kappa shape index (κ1) is 84.1. The van der Waals surface area contributed by atoms with Crippen molar-refractivity contribution in [2.45, 2.75) is 66.4 Å². The molecule has 33 nitrogen and oxygen atoms in total. The predicted molar refractivity (Wildman–Crippen MR) is 381 cm³/mol. The zero-order chi connectivity index (χ0) is 74.8. The van der Waals surface area contributed by atoms with Crippen molar-refractivity contribution in [1.29, 1.82) is 0 Å². The van der Waals surface area contributed by atoms with Crippen LogP contribution in [-0.4, -0.2) is 165 Å². The number of nitrogen functional groups attached to an aromatic ring is 4. The van der Waals surface area contributed by atoms with E-state index >= 15 is 0 Å². The maximum Gasteiger partial charge on any atom is 0.507 e. The number of ketones is 2. The Labute approximate surface area is 601 Å². The molecule has 0 atom stereocenters. The third-order valence-electron chi connectivity index (χ3n) is 13.9. The van der Waals surface area contributed by atoms with E-state index < -0.39 is 74.8 Å². The Balaban J connectivity index is 0.000000237. The lowest BCUT2D eigenvalue weighted by atomic mass is 9.89. The molecular formula is C56H68BBr2N12O21P3S5. The molecule has 5 aromatic heterocycles. The first-order valence-corrected chi connectivity index (χ1v) is 41.6. The topological polar surface area (TPSA) is 506 Å². The van der Waals surface area contributed by atoms with Gasteiger partial charge in [-0.2, -0.15) is 0 Å². The van der Waals surface area contributed by atoms with E-state index in [0.29, 0.717) is 31.7 Å². The smallest absolute Gasteiger partial charge is 0.476 e. The second-order valence-electron chi connectivity index (χ2n) is 21.2. The molecule has 1 fully saturated rings. The van der Waals surface area contributed by atoms with E-state index in [9.17, 15) is 53.3 Å². The third-order valence-corrected chi connectivity index (χ3v) is 30.4. The summed E-state index contributed by atoms with van der Waals surface area (Å²) in [4.78, 5) is 67.5. The molecule has 0 spiro atoms. The molecule has 1 aliphatic heterocycles. The van der Waals surface area contributed by atoms with Crippen molar-refractivity contribution in [3.63, 3.8) is 0 Å². The average Bonchev–Trinajstić information content (AvgIpc) is 1.59. The van der Waals surface area contributed by atoms with Crippen LogP contribution in [-0.2, 0) is 92.5 Å². The molecule has 9 N–H and O–H groups in total. The Bertz CT molecular complexity index is 4620. The number of nitrogens with two attached hydrogens (primary N) is 4. The summed E-state index contributed by atoms with van der Waals surface area (Å²) >= 11 is 9.01. The average molecular weight is 1670 g/mol. The quantitative estimate of drug-likeness (QED) is 0.0163. The monoisotopic (exact) mass is 1670 g/mol. The maximum atomic E-state index is 12.7. The number of hydrogen-bond donors (Lipinski definition) is 5. The molecule has 0 bridgehead atoms. The molecule has 1 aliphatic rings. The fourth-order valence-corrected chi connectivity index (χ4v) is 20.8. The molecule has 9 rings (SSSR count). The second kappa shape index (κ2) is 36.0. The minimum atomic E-state index is -3.92. The Kier molecular flexibility index (Phi) is 30.3. The van der Waals surface area contributed by atoms with Gasteiger partial charge in [0.15, 0.2) is 80.7 Å². The van der Waals surface area contributed by atoms with Gasteiger partial charge in [0.1, 0.15) is 26.3 Å². The van der Waals surface area contributed by atoms with Crippen LogP contribution in [0.4, 0.5) is 23.1 Å². The summed E-state index contributed by atoms with van der Waals surface area (Å²) < 4.78 is 151. The largest absolute Gasteiger partial charge is 0.507 e. The van der Waals surface area contributed by atoms with Crippen molar-refractivity contribution in [2.75, 3.05) is 82.1 Å². The number of aromatic carboxylic acids is 1. The molecule has 0 unspecified atom stereocenters. The minimum absolute atomic E-state index is 0.00680. The Morgan fingerprint density at radius 3 is 1.19 bits per heavy atom. The molecule has 0 amide bonds. The van der Waals surface area contributed by atoms with E-state index in [1.807, 2.05) is 27.7 Å². The molecule has 0 saturated carbocycles. The second-order valence-corrected chi connectivity index (χ2v) is 38.7. The Morgan fingerprint density at radius 1 is 0.510 bits per heavy atom. The highest BCUT2D eigenvalue weighted by Gasteiger charge is 2.52. The molecule has 6 heterocycles. The number of halogens is 2. The van der Waals surface area contributed by atoms with Crippen molar-refractivity contribution >= 4 is 159 Å². The summed E-state index contributed by atoms with van der Waals surface area (Å²) in [5.74, 6) is -1.97. The molecule has 100 heavy (non-hydrogen) atoms. The van der Waals surface area contributed by atoms with E-state index in [0.717, 1.165) is 52.3 Å². The van der Waals surface area contributed by atoms with Gasteiger partial charge in [-0.25, -0.2) is 60.0 Å². The van der Waals surface area contributed by atoms with Crippen LogP contribution >= 0.6 is 77.3 Å². The number of carboxylic acid groups (broad SMARTS) is 1. The zero-order valence-electron chi connectivity index (χ0n) is 54.7. The number of hydrogen-bond acceptors (Lipinski definition) is 34. The third kappa shape index (κ3) is 23.7. The summed E-state index contributed by atoms with van der Waals surface area (Å²) in [6, 6.07) is 16.9. The molecule has 8 aromatic rings. The Morgan fingerprint density at radius 2 is 0.850 bits per heavy atom. The number of sulfone groups is 3. The fourth-order valence-electron chi connectivity index (χ4n) is 7.71. The van der Waals surface area contributed by atoms with Crippen LogP contribution in [0.5, 0.6) is 0 Å². The summed E-state index contributed by atoms with van der Waals surface area (Å²) in [5.41, 5.74) is 24.7. The standard InChI is InChI=1S/C18H19N4O6PS2.C15H17BrN3O6PS.C9H14BNO2S.C9H14NO5PS.C5H4BrN3O2/c1-27-29(24,28-2)11-31(25,26)13-5-3-12(4-6-13)7-15(23)17-18(19)21-8-14(22-17)16-9-20-10-30-16;1-24-26(21,25-2)9-27(22,23)11-5-3-10(4-6-11)7-12(20)14-15(17)18-8-13(16)19-14;1-8(2)9(3,4)13-10(12-8)7-5-11-6-14-7;1-14-16(11,15-2)7-17(12,13)9-5-3-8(10)4-6-9;6-2-1-8-4(7)3(9-2)5(10)11/h3-6,8-10H,7,11H2,1-2H3,(H2,19,21);3-6,8H,7,9H2,1-2H3,(H2,17,18);5-6H,1-4H3;3-6H,7,10H2,1-2H3;1H,(H2,7,8)(H,10,11). The number of anilines is 4. The van der Waals surface area contributed by atoms with Crippen LogP contribution in [0.3, 0.4) is 0 Å². The number of carbonyl (C=O) groups excluding carboxylic acids is 2. The number of carbonyl (C=O) groups is 3. The first-order chi connectivity index (χ1) is 46.6. The minimum Gasteiger partial charge on any atom is -0.476 e. The summed E-state index contributed by atoms with van der Waals surface area (Å²) in [7, 11) is -16.1. The van der Waals surface area contributed by atoms with Crippen molar-refractivity contribution in [2.24, 2.45) is 0 Å². The van der Waals surface area contributed by atoms with Gasteiger partial charge < -0.3 is 64.5 Å². The van der Waals surface area contributed by atoms with Crippen LogP contribution in [0, 0.1) is 0 Å².